The topological polar surface area (TPSA) is 9.23 Å². The molecular formula is C40H24OS2. The molecule has 0 spiro atoms. The van der Waals surface area contributed by atoms with Crippen molar-refractivity contribution in [3.8, 4) is 43.5 Å². The van der Waals surface area contributed by atoms with Crippen LogP contribution in [0, 0.1) is 0 Å². The summed E-state index contributed by atoms with van der Waals surface area (Å²) in [5.74, 6) is 1.85. The zero-order chi connectivity index (χ0) is 28.3. The maximum atomic E-state index is 6.28. The normalized spacial score (nSPS) is 12.3. The van der Waals surface area contributed by atoms with Gasteiger partial charge in [-0.05, 0) is 91.5 Å². The van der Waals surface area contributed by atoms with Crippen molar-refractivity contribution < 1.29 is 4.74 Å². The Balaban J connectivity index is 1.18. The maximum absolute atomic E-state index is 6.28. The highest BCUT2D eigenvalue weighted by molar-refractivity contribution is 7.99. The minimum atomic E-state index is 0.926. The van der Waals surface area contributed by atoms with Crippen LogP contribution >= 0.6 is 23.1 Å². The monoisotopic (exact) mass is 584 g/mol. The summed E-state index contributed by atoms with van der Waals surface area (Å²) in [4.78, 5) is 4.85. The quantitative estimate of drug-likeness (QED) is 0.191. The standard InChI is InChI=1S/C40H24OS2/c1-2-9-25(10-3-1)26-17-19-31-33(23-26)29-12-5-4-11-28(29)30-20-18-27(24-34(30)31)37-21-22-38(42-37)32-13-8-15-36-40(32)43-39-16-7-6-14-35(39)41-36/h1-24H. The number of ether oxygens (including phenoxy) is 1. The van der Waals surface area contributed by atoms with Crippen LogP contribution in [0.2, 0.25) is 0 Å². The Kier molecular flexibility index (Phi) is 5.68. The lowest BCUT2D eigenvalue weighted by Crippen LogP contribution is -1.95. The molecule has 0 aliphatic carbocycles. The molecule has 202 valence electrons. The van der Waals surface area contributed by atoms with E-state index in [1.54, 1.807) is 11.8 Å². The van der Waals surface area contributed by atoms with Gasteiger partial charge in [-0.15, -0.1) is 11.3 Å². The fourth-order valence-corrected chi connectivity index (χ4v) is 8.47. The molecule has 0 saturated carbocycles. The maximum Gasteiger partial charge on any atom is 0.142 e. The summed E-state index contributed by atoms with van der Waals surface area (Å²) in [5, 5.41) is 7.75. The first-order valence-electron chi connectivity index (χ1n) is 14.4. The molecule has 9 rings (SSSR count). The molecule has 0 unspecified atom stereocenters. The summed E-state index contributed by atoms with van der Waals surface area (Å²) in [6, 6.07) is 52.5. The Labute approximate surface area is 258 Å². The highest BCUT2D eigenvalue weighted by Gasteiger charge is 2.22. The molecular weight excluding hydrogens is 561 g/mol. The van der Waals surface area contributed by atoms with Crippen molar-refractivity contribution in [2.45, 2.75) is 9.79 Å². The molecule has 43 heavy (non-hydrogen) atoms. The minimum Gasteiger partial charge on any atom is -0.455 e. The molecule has 0 radical (unpaired) electrons. The Morgan fingerprint density at radius 1 is 0.395 bits per heavy atom. The summed E-state index contributed by atoms with van der Waals surface area (Å²) in [7, 11) is 0. The van der Waals surface area contributed by atoms with E-state index < -0.39 is 0 Å². The van der Waals surface area contributed by atoms with Crippen molar-refractivity contribution in [2.75, 3.05) is 0 Å². The van der Waals surface area contributed by atoms with Crippen molar-refractivity contribution >= 4 is 55.4 Å². The van der Waals surface area contributed by atoms with Crippen LogP contribution in [-0.4, -0.2) is 0 Å². The number of thiophene rings is 1. The molecule has 1 aliphatic rings. The molecule has 2 heterocycles. The molecule has 8 aromatic rings. The molecule has 0 N–H and O–H groups in total. The van der Waals surface area contributed by atoms with Gasteiger partial charge in [0.25, 0.3) is 0 Å². The third-order valence-corrected chi connectivity index (χ3v) is 10.7. The van der Waals surface area contributed by atoms with Gasteiger partial charge in [0.1, 0.15) is 11.5 Å². The van der Waals surface area contributed by atoms with Crippen molar-refractivity contribution in [2.24, 2.45) is 0 Å². The average molecular weight is 585 g/mol. The van der Waals surface area contributed by atoms with Crippen LogP contribution in [0.3, 0.4) is 0 Å². The van der Waals surface area contributed by atoms with Crippen molar-refractivity contribution in [1.29, 1.82) is 0 Å². The van der Waals surface area contributed by atoms with Crippen LogP contribution in [0.1, 0.15) is 0 Å². The van der Waals surface area contributed by atoms with Crippen molar-refractivity contribution in [1.82, 2.24) is 0 Å². The third-order valence-electron chi connectivity index (χ3n) is 8.36. The second-order valence-corrected chi connectivity index (χ2v) is 13.0. The van der Waals surface area contributed by atoms with Crippen molar-refractivity contribution in [3.05, 3.63) is 146 Å². The molecule has 0 saturated heterocycles. The van der Waals surface area contributed by atoms with E-state index in [-0.39, 0.29) is 0 Å². The van der Waals surface area contributed by atoms with Gasteiger partial charge in [0, 0.05) is 15.3 Å². The molecule has 1 aliphatic heterocycles. The number of fused-ring (bicyclic) bond motifs is 8. The predicted molar refractivity (Wildman–Crippen MR) is 184 cm³/mol. The van der Waals surface area contributed by atoms with E-state index in [0.717, 1.165) is 16.4 Å². The van der Waals surface area contributed by atoms with E-state index in [2.05, 4.69) is 133 Å². The lowest BCUT2D eigenvalue weighted by molar-refractivity contribution is 0.455. The van der Waals surface area contributed by atoms with E-state index in [0.29, 0.717) is 0 Å². The predicted octanol–water partition coefficient (Wildman–Crippen LogP) is 12.5. The molecule has 0 bridgehead atoms. The first kappa shape index (κ1) is 24.7. The first-order valence-corrected chi connectivity index (χ1v) is 16.1. The van der Waals surface area contributed by atoms with Crippen LogP contribution in [0.4, 0.5) is 0 Å². The summed E-state index contributed by atoms with van der Waals surface area (Å²) >= 11 is 3.64. The SMILES string of the molecule is c1ccc(-c2ccc3c(c2)c2ccccc2c2ccc(-c4ccc(-c5cccc6c5Sc5ccccc5O6)s4)cc23)cc1. The molecule has 0 atom stereocenters. The number of rotatable bonds is 3. The van der Waals surface area contributed by atoms with E-state index in [4.69, 9.17) is 4.74 Å². The molecule has 3 heteroatoms. The zero-order valence-corrected chi connectivity index (χ0v) is 24.7. The number of benzene rings is 7. The van der Waals surface area contributed by atoms with Crippen LogP contribution in [0.25, 0.3) is 64.3 Å². The number of hydrogen-bond acceptors (Lipinski definition) is 3. The molecule has 7 aromatic carbocycles. The highest BCUT2D eigenvalue weighted by atomic mass is 32.2. The van der Waals surface area contributed by atoms with Crippen LogP contribution < -0.4 is 4.74 Å². The third kappa shape index (κ3) is 4.08. The largest absolute Gasteiger partial charge is 0.455 e. The van der Waals surface area contributed by atoms with E-state index in [1.807, 2.05) is 23.5 Å². The molecule has 1 nitrogen and oxygen atoms in total. The Bertz CT molecular complexity index is 2350. The van der Waals surface area contributed by atoms with E-state index in [9.17, 15) is 0 Å². The smallest absolute Gasteiger partial charge is 0.142 e. The zero-order valence-electron chi connectivity index (χ0n) is 23.1. The van der Waals surface area contributed by atoms with Gasteiger partial charge in [-0.2, -0.15) is 0 Å². The van der Waals surface area contributed by atoms with Crippen molar-refractivity contribution in [3.63, 3.8) is 0 Å². The lowest BCUT2D eigenvalue weighted by Gasteiger charge is -2.21. The van der Waals surface area contributed by atoms with E-state index >= 15 is 0 Å². The van der Waals surface area contributed by atoms with Gasteiger partial charge in [0.15, 0.2) is 0 Å². The highest BCUT2D eigenvalue weighted by Crippen LogP contribution is 2.52. The number of para-hydroxylation sites is 1. The van der Waals surface area contributed by atoms with E-state index in [1.165, 1.54) is 69.2 Å². The van der Waals surface area contributed by atoms with Crippen LogP contribution in [-0.2, 0) is 0 Å². The van der Waals surface area contributed by atoms with Gasteiger partial charge in [-0.25, -0.2) is 0 Å². The van der Waals surface area contributed by atoms with Gasteiger partial charge in [0.05, 0.1) is 9.79 Å². The summed E-state index contributed by atoms with van der Waals surface area (Å²) < 4.78 is 6.28. The molecule has 0 fully saturated rings. The summed E-state index contributed by atoms with van der Waals surface area (Å²) in [6.07, 6.45) is 0. The second-order valence-electron chi connectivity index (χ2n) is 10.9. The van der Waals surface area contributed by atoms with Gasteiger partial charge in [-0.1, -0.05) is 115 Å². The van der Waals surface area contributed by atoms with Gasteiger partial charge in [-0.3, -0.25) is 0 Å². The Morgan fingerprint density at radius 3 is 1.88 bits per heavy atom. The fourth-order valence-electron chi connectivity index (χ4n) is 6.30. The number of hydrogen-bond donors (Lipinski definition) is 0. The lowest BCUT2D eigenvalue weighted by atomic mass is 9.91. The van der Waals surface area contributed by atoms with Crippen LogP contribution in [0.5, 0.6) is 11.5 Å². The Morgan fingerprint density at radius 2 is 1.02 bits per heavy atom. The molecule has 1 aromatic heterocycles. The summed E-state index contributed by atoms with van der Waals surface area (Å²) in [5.41, 5.74) is 4.95. The summed E-state index contributed by atoms with van der Waals surface area (Å²) in [6.45, 7) is 0. The van der Waals surface area contributed by atoms with Gasteiger partial charge < -0.3 is 4.74 Å². The first-order chi connectivity index (χ1) is 21.3. The van der Waals surface area contributed by atoms with Crippen LogP contribution in [0.15, 0.2) is 155 Å². The average Bonchev–Trinajstić information content (AvgIpc) is 3.57. The van der Waals surface area contributed by atoms with Gasteiger partial charge in [0.2, 0.25) is 0 Å². The second kappa shape index (κ2) is 9.88. The Hall–Kier alpha value is -4.83. The van der Waals surface area contributed by atoms with Gasteiger partial charge >= 0.3 is 0 Å². The fraction of sp³-hybridized carbons (Fsp3) is 0. The molecule has 0 amide bonds. The minimum absolute atomic E-state index is 0.926.